The summed E-state index contributed by atoms with van der Waals surface area (Å²) in [5.74, 6) is -0.369. The Morgan fingerprint density at radius 1 is 1.17 bits per heavy atom. The molecule has 0 spiro atoms. The number of rotatable bonds is 3. The summed E-state index contributed by atoms with van der Waals surface area (Å²) < 4.78 is 4.76. The largest absolute Gasteiger partial charge is 0.469 e. The van der Waals surface area contributed by atoms with Crippen LogP contribution >= 0.6 is 0 Å². The summed E-state index contributed by atoms with van der Waals surface area (Å²) in [6.07, 6.45) is 3.90. The maximum absolute atomic E-state index is 11.5. The second-order valence-electron chi connectivity index (χ2n) is 4.88. The average Bonchev–Trinajstić information content (AvgIpc) is 2.47. The van der Waals surface area contributed by atoms with E-state index in [1.54, 1.807) is 0 Å². The Hall–Kier alpha value is -1.51. The van der Waals surface area contributed by atoms with E-state index in [-0.39, 0.29) is 11.9 Å². The fourth-order valence-electron chi connectivity index (χ4n) is 2.44. The van der Waals surface area contributed by atoms with E-state index in [1.807, 2.05) is 19.1 Å². The molecule has 1 unspecified atom stereocenters. The molecule has 0 bridgehead atoms. The van der Waals surface area contributed by atoms with Gasteiger partial charge in [-0.05, 0) is 43.9 Å². The van der Waals surface area contributed by atoms with Gasteiger partial charge in [-0.2, -0.15) is 0 Å². The SMILES string of the molecule is COC(=O)C(C)c1ccc(N2CCCCC2)cc1. The van der Waals surface area contributed by atoms with Crippen molar-refractivity contribution >= 4 is 11.7 Å². The summed E-state index contributed by atoms with van der Waals surface area (Å²) >= 11 is 0. The highest BCUT2D eigenvalue weighted by atomic mass is 16.5. The van der Waals surface area contributed by atoms with Gasteiger partial charge < -0.3 is 9.64 Å². The maximum Gasteiger partial charge on any atom is 0.312 e. The number of benzene rings is 1. The second-order valence-corrected chi connectivity index (χ2v) is 4.88. The van der Waals surface area contributed by atoms with Crippen LogP contribution in [0.3, 0.4) is 0 Å². The third-order valence-electron chi connectivity index (χ3n) is 3.67. The van der Waals surface area contributed by atoms with Crippen LogP contribution in [0.5, 0.6) is 0 Å². The first-order chi connectivity index (χ1) is 8.72. The molecule has 0 amide bonds. The Bertz CT molecular complexity index is 393. The molecular formula is C15H21NO2. The van der Waals surface area contributed by atoms with Gasteiger partial charge >= 0.3 is 5.97 Å². The van der Waals surface area contributed by atoms with Crippen LogP contribution < -0.4 is 4.90 Å². The van der Waals surface area contributed by atoms with Crippen molar-refractivity contribution in [3.63, 3.8) is 0 Å². The van der Waals surface area contributed by atoms with Crippen molar-refractivity contribution in [2.24, 2.45) is 0 Å². The van der Waals surface area contributed by atoms with E-state index in [1.165, 1.54) is 32.1 Å². The first-order valence-corrected chi connectivity index (χ1v) is 6.65. The van der Waals surface area contributed by atoms with Crippen molar-refractivity contribution in [1.82, 2.24) is 0 Å². The Kier molecular flexibility index (Phi) is 4.24. The van der Waals surface area contributed by atoms with Gasteiger partial charge in [-0.15, -0.1) is 0 Å². The second kappa shape index (κ2) is 5.89. The van der Waals surface area contributed by atoms with Gasteiger partial charge in [0.25, 0.3) is 0 Å². The molecule has 1 aliphatic heterocycles. The molecule has 0 aromatic heterocycles. The zero-order valence-corrected chi connectivity index (χ0v) is 11.2. The van der Waals surface area contributed by atoms with Crippen LogP contribution in [-0.2, 0) is 9.53 Å². The lowest BCUT2D eigenvalue weighted by atomic mass is 10.0. The zero-order chi connectivity index (χ0) is 13.0. The topological polar surface area (TPSA) is 29.5 Å². The molecule has 1 aliphatic rings. The van der Waals surface area contributed by atoms with Gasteiger partial charge in [0, 0.05) is 18.8 Å². The predicted molar refractivity (Wildman–Crippen MR) is 72.9 cm³/mol. The average molecular weight is 247 g/mol. The van der Waals surface area contributed by atoms with Crippen molar-refractivity contribution in [3.8, 4) is 0 Å². The van der Waals surface area contributed by atoms with Gasteiger partial charge in [0.2, 0.25) is 0 Å². The standard InChI is InChI=1S/C15H21NO2/c1-12(15(17)18-2)13-6-8-14(9-7-13)16-10-4-3-5-11-16/h6-9,12H,3-5,10-11H2,1-2H3. The number of hydrogen-bond donors (Lipinski definition) is 0. The third kappa shape index (κ3) is 2.84. The molecule has 0 radical (unpaired) electrons. The van der Waals surface area contributed by atoms with Crippen LogP contribution in [0, 0.1) is 0 Å². The summed E-state index contributed by atoms with van der Waals surface area (Å²) in [5.41, 5.74) is 2.28. The van der Waals surface area contributed by atoms with E-state index in [0.717, 1.165) is 18.7 Å². The summed E-state index contributed by atoms with van der Waals surface area (Å²) in [6, 6.07) is 8.29. The molecule has 1 atom stereocenters. The minimum absolute atomic E-state index is 0.180. The molecule has 3 nitrogen and oxygen atoms in total. The van der Waals surface area contributed by atoms with Gasteiger partial charge in [-0.25, -0.2) is 0 Å². The predicted octanol–water partition coefficient (Wildman–Crippen LogP) is 2.95. The van der Waals surface area contributed by atoms with Crippen molar-refractivity contribution in [3.05, 3.63) is 29.8 Å². The lowest BCUT2D eigenvalue weighted by Gasteiger charge is -2.29. The molecular weight excluding hydrogens is 226 g/mol. The molecule has 1 aromatic rings. The summed E-state index contributed by atoms with van der Waals surface area (Å²) in [6.45, 7) is 4.17. The highest BCUT2D eigenvalue weighted by molar-refractivity contribution is 5.77. The molecule has 1 saturated heterocycles. The Balaban J connectivity index is 2.07. The molecule has 1 fully saturated rings. The fraction of sp³-hybridized carbons (Fsp3) is 0.533. The normalized spacial score (nSPS) is 17.3. The molecule has 0 N–H and O–H groups in total. The van der Waals surface area contributed by atoms with Crippen LogP contribution in [0.4, 0.5) is 5.69 Å². The van der Waals surface area contributed by atoms with Crippen LogP contribution in [0.2, 0.25) is 0 Å². The van der Waals surface area contributed by atoms with Gasteiger partial charge in [0.05, 0.1) is 13.0 Å². The lowest BCUT2D eigenvalue weighted by Crippen LogP contribution is -2.29. The molecule has 0 saturated carbocycles. The minimum atomic E-state index is -0.189. The molecule has 0 aliphatic carbocycles. The molecule has 1 aromatic carbocycles. The van der Waals surface area contributed by atoms with E-state index in [9.17, 15) is 4.79 Å². The number of nitrogens with zero attached hydrogens (tertiary/aromatic N) is 1. The quantitative estimate of drug-likeness (QED) is 0.769. The number of carbonyl (C=O) groups excluding carboxylic acids is 1. The van der Waals surface area contributed by atoms with Crippen molar-refractivity contribution in [2.75, 3.05) is 25.1 Å². The number of hydrogen-bond acceptors (Lipinski definition) is 3. The maximum atomic E-state index is 11.5. The fourth-order valence-corrected chi connectivity index (χ4v) is 2.44. The van der Waals surface area contributed by atoms with Gasteiger partial charge in [0.15, 0.2) is 0 Å². The van der Waals surface area contributed by atoms with E-state index in [0.29, 0.717) is 0 Å². The number of carbonyl (C=O) groups is 1. The van der Waals surface area contributed by atoms with Gasteiger partial charge in [0.1, 0.15) is 0 Å². The van der Waals surface area contributed by atoms with Crippen LogP contribution in [-0.4, -0.2) is 26.2 Å². The minimum Gasteiger partial charge on any atom is -0.469 e. The summed E-state index contributed by atoms with van der Waals surface area (Å²) in [4.78, 5) is 13.9. The Morgan fingerprint density at radius 2 is 1.78 bits per heavy atom. The Morgan fingerprint density at radius 3 is 2.33 bits per heavy atom. The highest BCUT2D eigenvalue weighted by Gasteiger charge is 2.16. The van der Waals surface area contributed by atoms with Crippen LogP contribution in [0.1, 0.15) is 37.7 Å². The van der Waals surface area contributed by atoms with Crippen molar-refractivity contribution in [1.29, 1.82) is 0 Å². The van der Waals surface area contributed by atoms with E-state index < -0.39 is 0 Å². The number of piperidine rings is 1. The third-order valence-corrected chi connectivity index (χ3v) is 3.67. The molecule has 2 rings (SSSR count). The number of methoxy groups -OCH3 is 1. The van der Waals surface area contributed by atoms with Crippen molar-refractivity contribution < 1.29 is 9.53 Å². The lowest BCUT2D eigenvalue weighted by molar-refractivity contribution is -0.141. The summed E-state index contributed by atoms with van der Waals surface area (Å²) in [7, 11) is 1.43. The molecule has 1 heterocycles. The number of esters is 1. The van der Waals surface area contributed by atoms with Crippen LogP contribution in [0.15, 0.2) is 24.3 Å². The Labute approximate surface area is 109 Å². The van der Waals surface area contributed by atoms with E-state index >= 15 is 0 Å². The zero-order valence-electron chi connectivity index (χ0n) is 11.2. The molecule has 98 valence electrons. The highest BCUT2D eigenvalue weighted by Crippen LogP contribution is 2.23. The van der Waals surface area contributed by atoms with Crippen molar-refractivity contribution in [2.45, 2.75) is 32.1 Å². The first kappa shape index (κ1) is 12.9. The molecule has 3 heteroatoms. The smallest absolute Gasteiger partial charge is 0.312 e. The van der Waals surface area contributed by atoms with Crippen LogP contribution in [0.25, 0.3) is 0 Å². The van der Waals surface area contributed by atoms with Gasteiger partial charge in [-0.3, -0.25) is 4.79 Å². The van der Waals surface area contributed by atoms with E-state index in [4.69, 9.17) is 4.74 Å². The summed E-state index contributed by atoms with van der Waals surface area (Å²) in [5, 5.41) is 0. The van der Waals surface area contributed by atoms with Gasteiger partial charge in [-0.1, -0.05) is 12.1 Å². The number of ether oxygens (including phenoxy) is 1. The first-order valence-electron chi connectivity index (χ1n) is 6.65. The number of anilines is 1. The monoisotopic (exact) mass is 247 g/mol. The molecule has 18 heavy (non-hydrogen) atoms. The van der Waals surface area contributed by atoms with E-state index in [2.05, 4.69) is 17.0 Å².